The topological polar surface area (TPSA) is 56.2 Å². The second kappa shape index (κ2) is 8.16. The van der Waals surface area contributed by atoms with Crippen molar-refractivity contribution < 1.29 is 18.3 Å². The van der Waals surface area contributed by atoms with Crippen LogP contribution in [0.3, 0.4) is 0 Å². The van der Waals surface area contributed by atoms with Gasteiger partial charge in [-0.3, -0.25) is 4.79 Å². The Balaban J connectivity index is 1.79. The number of nitrogens with zero attached hydrogens (tertiary/aromatic N) is 2. The number of para-hydroxylation sites is 1. The lowest BCUT2D eigenvalue weighted by molar-refractivity contribution is 0.101. The van der Waals surface area contributed by atoms with Gasteiger partial charge in [0.15, 0.2) is 0 Å². The van der Waals surface area contributed by atoms with Crippen molar-refractivity contribution >= 4 is 11.6 Å². The number of anilines is 1. The summed E-state index contributed by atoms with van der Waals surface area (Å²) >= 11 is 0. The molecule has 7 heteroatoms. The number of ether oxygens (including phenoxy) is 1. The van der Waals surface area contributed by atoms with E-state index < -0.39 is 17.5 Å². The van der Waals surface area contributed by atoms with Crippen molar-refractivity contribution in [3.05, 3.63) is 96.2 Å². The minimum atomic E-state index is -0.578. The van der Waals surface area contributed by atoms with E-state index in [9.17, 15) is 13.6 Å². The molecular formula is C23H17F2N3O2. The molecule has 0 aliphatic carbocycles. The zero-order valence-corrected chi connectivity index (χ0v) is 16.0. The van der Waals surface area contributed by atoms with Gasteiger partial charge in [-0.15, -0.1) is 0 Å². The van der Waals surface area contributed by atoms with Crippen LogP contribution < -0.4 is 10.1 Å². The number of hydrogen-bond donors (Lipinski definition) is 1. The Hall–Kier alpha value is -4.00. The van der Waals surface area contributed by atoms with Gasteiger partial charge in [0.1, 0.15) is 23.1 Å². The molecule has 0 spiro atoms. The third-order valence-corrected chi connectivity index (χ3v) is 4.53. The first-order valence-electron chi connectivity index (χ1n) is 9.12. The molecule has 0 saturated heterocycles. The fourth-order valence-corrected chi connectivity index (χ4v) is 3.01. The number of carbonyl (C=O) groups is 1. The molecule has 150 valence electrons. The van der Waals surface area contributed by atoms with Gasteiger partial charge >= 0.3 is 0 Å². The zero-order chi connectivity index (χ0) is 21.1. The third kappa shape index (κ3) is 3.77. The summed E-state index contributed by atoms with van der Waals surface area (Å²) in [5.41, 5.74) is 1.27. The van der Waals surface area contributed by atoms with Gasteiger partial charge in [0.05, 0.1) is 24.2 Å². The Labute approximate surface area is 171 Å². The van der Waals surface area contributed by atoms with Crippen LogP contribution in [0.15, 0.2) is 78.9 Å². The number of hydrogen-bond acceptors (Lipinski definition) is 3. The Morgan fingerprint density at radius 1 is 0.933 bits per heavy atom. The fourth-order valence-electron chi connectivity index (χ4n) is 3.01. The fraction of sp³-hybridized carbons (Fsp3) is 0.0435. The minimum absolute atomic E-state index is 0.0393. The molecule has 4 rings (SSSR count). The second-order valence-corrected chi connectivity index (χ2v) is 6.44. The van der Waals surface area contributed by atoms with E-state index in [1.54, 1.807) is 55.6 Å². The highest BCUT2D eigenvalue weighted by atomic mass is 19.1. The lowest BCUT2D eigenvalue weighted by Gasteiger charge is -2.09. The Kier molecular flexibility index (Phi) is 5.26. The van der Waals surface area contributed by atoms with Crippen molar-refractivity contribution in [2.75, 3.05) is 12.4 Å². The summed E-state index contributed by atoms with van der Waals surface area (Å²) in [6.07, 6.45) is 0. The first kappa shape index (κ1) is 19.3. The van der Waals surface area contributed by atoms with Crippen LogP contribution in [-0.4, -0.2) is 22.8 Å². The average molecular weight is 405 g/mol. The van der Waals surface area contributed by atoms with Gasteiger partial charge in [0.2, 0.25) is 0 Å². The second-order valence-electron chi connectivity index (χ2n) is 6.44. The maximum atomic E-state index is 14.3. The Morgan fingerprint density at radius 2 is 1.60 bits per heavy atom. The van der Waals surface area contributed by atoms with Gasteiger partial charge in [0, 0.05) is 5.56 Å². The smallest absolute Gasteiger partial charge is 0.274 e. The van der Waals surface area contributed by atoms with Crippen LogP contribution in [-0.2, 0) is 0 Å². The van der Waals surface area contributed by atoms with E-state index >= 15 is 0 Å². The van der Waals surface area contributed by atoms with Crippen molar-refractivity contribution in [3.8, 4) is 22.7 Å². The first-order valence-corrected chi connectivity index (χ1v) is 9.12. The van der Waals surface area contributed by atoms with Crippen LogP contribution in [0.5, 0.6) is 5.75 Å². The van der Waals surface area contributed by atoms with Crippen molar-refractivity contribution in [1.29, 1.82) is 0 Å². The van der Waals surface area contributed by atoms with E-state index in [-0.39, 0.29) is 22.6 Å². The quantitative estimate of drug-likeness (QED) is 0.504. The summed E-state index contributed by atoms with van der Waals surface area (Å²) in [4.78, 5) is 13.0. The summed E-state index contributed by atoms with van der Waals surface area (Å²) < 4.78 is 34.8. The van der Waals surface area contributed by atoms with E-state index in [1.165, 1.54) is 35.0 Å². The highest BCUT2D eigenvalue weighted by Gasteiger charge is 2.20. The highest BCUT2D eigenvalue weighted by molar-refractivity contribution is 6.04. The van der Waals surface area contributed by atoms with Crippen LogP contribution in [0.25, 0.3) is 16.9 Å². The van der Waals surface area contributed by atoms with Gasteiger partial charge in [-0.05, 0) is 54.6 Å². The molecule has 30 heavy (non-hydrogen) atoms. The van der Waals surface area contributed by atoms with Crippen LogP contribution in [0.4, 0.5) is 14.5 Å². The Bertz CT molecular complexity index is 1200. The zero-order valence-electron chi connectivity index (χ0n) is 16.0. The molecule has 1 heterocycles. The SMILES string of the molecule is COc1ccc(-n2nc(-c3ccccc3F)cc2C(=O)Nc2ccccc2F)cc1. The van der Waals surface area contributed by atoms with Gasteiger partial charge in [-0.2, -0.15) is 5.10 Å². The molecule has 0 radical (unpaired) electrons. The van der Waals surface area contributed by atoms with Gasteiger partial charge in [-0.1, -0.05) is 24.3 Å². The number of benzene rings is 3. The number of aromatic nitrogens is 2. The molecular weight excluding hydrogens is 388 g/mol. The van der Waals surface area contributed by atoms with E-state index in [2.05, 4.69) is 10.4 Å². The van der Waals surface area contributed by atoms with Crippen LogP contribution in [0.2, 0.25) is 0 Å². The van der Waals surface area contributed by atoms with E-state index in [1.807, 2.05) is 0 Å². The molecule has 3 aromatic carbocycles. The molecule has 0 unspecified atom stereocenters. The lowest BCUT2D eigenvalue weighted by atomic mass is 10.1. The monoisotopic (exact) mass is 405 g/mol. The molecule has 1 amide bonds. The first-order chi connectivity index (χ1) is 14.6. The molecule has 0 fully saturated rings. The number of nitrogens with one attached hydrogen (secondary N) is 1. The number of rotatable bonds is 5. The molecule has 1 aromatic heterocycles. The van der Waals surface area contributed by atoms with Crippen LogP contribution in [0, 0.1) is 11.6 Å². The van der Waals surface area contributed by atoms with E-state index in [0.717, 1.165) is 0 Å². The summed E-state index contributed by atoms with van der Waals surface area (Å²) in [7, 11) is 1.55. The summed E-state index contributed by atoms with van der Waals surface area (Å²) in [5.74, 6) is -0.961. The summed E-state index contributed by atoms with van der Waals surface area (Å²) in [5, 5.41) is 6.98. The average Bonchev–Trinajstić information content (AvgIpc) is 3.21. The van der Waals surface area contributed by atoms with Crippen molar-refractivity contribution in [2.45, 2.75) is 0 Å². The predicted molar refractivity (Wildman–Crippen MR) is 110 cm³/mol. The normalized spacial score (nSPS) is 10.6. The Morgan fingerprint density at radius 3 is 2.27 bits per heavy atom. The molecule has 0 atom stereocenters. The molecule has 1 N–H and O–H groups in total. The number of amides is 1. The standard InChI is InChI=1S/C23H17F2N3O2/c1-30-16-12-10-15(11-13-16)28-22(23(29)26-20-9-5-4-8-19(20)25)14-21(27-28)17-6-2-3-7-18(17)24/h2-14H,1H3,(H,26,29). The number of halogens is 2. The molecule has 0 aliphatic heterocycles. The molecule has 0 aliphatic rings. The van der Waals surface area contributed by atoms with E-state index in [0.29, 0.717) is 11.4 Å². The van der Waals surface area contributed by atoms with Crippen LogP contribution >= 0.6 is 0 Å². The maximum Gasteiger partial charge on any atom is 0.274 e. The summed E-state index contributed by atoms with van der Waals surface area (Å²) in [6.45, 7) is 0. The van der Waals surface area contributed by atoms with Crippen molar-refractivity contribution in [3.63, 3.8) is 0 Å². The van der Waals surface area contributed by atoms with Gasteiger partial charge in [0.25, 0.3) is 5.91 Å². The largest absolute Gasteiger partial charge is 0.497 e. The van der Waals surface area contributed by atoms with Crippen molar-refractivity contribution in [2.24, 2.45) is 0 Å². The molecule has 0 bridgehead atoms. The minimum Gasteiger partial charge on any atom is -0.497 e. The molecule has 4 aromatic rings. The lowest BCUT2D eigenvalue weighted by Crippen LogP contribution is -2.17. The summed E-state index contributed by atoms with van der Waals surface area (Å²) in [6, 6.07) is 20.4. The highest BCUT2D eigenvalue weighted by Crippen LogP contribution is 2.26. The number of carbonyl (C=O) groups excluding carboxylic acids is 1. The van der Waals surface area contributed by atoms with Crippen LogP contribution in [0.1, 0.15) is 10.5 Å². The van der Waals surface area contributed by atoms with Gasteiger partial charge in [-0.25, -0.2) is 13.5 Å². The predicted octanol–water partition coefficient (Wildman–Crippen LogP) is 5.08. The van der Waals surface area contributed by atoms with E-state index in [4.69, 9.17) is 4.74 Å². The maximum absolute atomic E-state index is 14.3. The third-order valence-electron chi connectivity index (χ3n) is 4.53. The molecule has 0 saturated carbocycles. The number of methoxy groups -OCH3 is 1. The van der Waals surface area contributed by atoms with Crippen molar-refractivity contribution in [1.82, 2.24) is 9.78 Å². The molecule has 5 nitrogen and oxygen atoms in total. The van der Waals surface area contributed by atoms with Gasteiger partial charge < -0.3 is 10.1 Å².